The molecule has 2 aromatic rings. The maximum absolute atomic E-state index is 12.6. The van der Waals surface area contributed by atoms with Gasteiger partial charge in [-0.05, 0) is 42.9 Å². The highest BCUT2D eigenvalue weighted by Gasteiger charge is 2.22. The van der Waals surface area contributed by atoms with Crippen molar-refractivity contribution in [1.82, 2.24) is 10.3 Å². The Morgan fingerprint density at radius 2 is 2.08 bits per heavy atom. The minimum atomic E-state index is -0.0349. The van der Waals surface area contributed by atoms with Gasteiger partial charge in [0.05, 0.1) is 5.56 Å². The molecule has 4 nitrogen and oxygen atoms in total. The fraction of sp³-hybridized carbons (Fsp3) is 0.400. The molecule has 1 aromatic carbocycles. The third kappa shape index (κ3) is 4.13. The number of amides is 1. The van der Waals surface area contributed by atoms with Crippen LogP contribution in [0.4, 0.5) is 5.82 Å². The fourth-order valence-electron chi connectivity index (χ4n) is 3.27. The van der Waals surface area contributed by atoms with E-state index < -0.39 is 0 Å². The Morgan fingerprint density at radius 1 is 1.25 bits per heavy atom. The molecule has 126 valence electrons. The normalized spacial score (nSPS) is 17.5. The third-order valence-corrected chi connectivity index (χ3v) is 4.53. The van der Waals surface area contributed by atoms with Gasteiger partial charge in [-0.1, -0.05) is 37.3 Å². The lowest BCUT2D eigenvalue weighted by Gasteiger charge is -2.32. The van der Waals surface area contributed by atoms with Crippen molar-refractivity contribution in [2.75, 3.05) is 24.5 Å². The molecular formula is C20H25N3O. The largest absolute Gasteiger partial charge is 0.356 e. The van der Waals surface area contributed by atoms with Crippen LogP contribution in [0.3, 0.4) is 0 Å². The van der Waals surface area contributed by atoms with Crippen molar-refractivity contribution in [3.63, 3.8) is 0 Å². The molecule has 0 unspecified atom stereocenters. The maximum atomic E-state index is 12.6. The first-order valence-electron chi connectivity index (χ1n) is 8.76. The first kappa shape index (κ1) is 16.5. The Bertz CT molecular complexity index is 672. The number of rotatable bonds is 5. The van der Waals surface area contributed by atoms with Crippen LogP contribution in [0.1, 0.15) is 35.7 Å². The van der Waals surface area contributed by atoms with Crippen molar-refractivity contribution in [2.24, 2.45) is 5.92 Å². The van der Waals surface area contributed by atoms with Crippen molar-refractivity contribution in [1.29, 1.82) is 0 Å². The molecule has 0 radical (unpaired) electrons. The second-order valence-corrected chi connectivity index (χ2v) is 6.56. The van der Waals surface area contributed by atoms with Crippen LogP contribution < -0.4 is 10.2 Å². The molecule has 24 heavy (non-hydrogen) atoms. The summed E-state index contributed by atoms with van der Waals surface area (Å²) in [5.74, 6) is 1.43. The highest BCUT2D eigenvalue weighted by atomic mass is 16.1. The number of carbonyl (C=O) groups excluding carboxylic acids is 1. The van der Waals surface area contributed by atoms with E-state index in [0.717, 1.165) is 31.7 Å². The van der Waals surface area contributed by atoms with E-state index in [0.29, 0.717) is 18.0 Å². The topological polar surface area (TPSA) is 45.2 Å². The molecule has 1 N–H and O–H groups in total. The van der Waals surface area contributed by atoms with E-state index in [-0.39, 0.29) is 5.91 Å². The smallest absolute Gasteiger partial charge is 0.255 e. The van der Waals surface area contributed by atoms with Gasteiger partial charge in [-0.2, -0.15) is 0 Å². The summed E-state index contributed by atoms with van der Waals surface area (Å²) in [6.07, 6.45) is 5.02. The Kier molecular flexibility index (Phi) is 5.47. The van der Waals surface area contributed by atoms with Crippen LogP contribution >= 0.6 is 0 Å². The molecule has 1 atom stereocenters. The lowest BCUT2D eigenvalue weighted by atomic mass is 10.00. The van der Waals surface area contributed by atoms with E-state index in [1.165, 1.54) is 12.0 Å². The average Bonchev–Trinajstić information content (AvgIpc) is 2.62. The minimum Gasteiger partial charge on any atom is -0.356 e. The van der Waals surface area contributed by atoms with E-state index in [1.807, 2.05) is 30.3 Å². The van der Waals surface area contributed by atoms with Gasteiger partial charge in [0.2, 0.25) is 0 Å². The van der Waals surface area contributed by atoms with Crippen LogP contribution in [-0.2, 0) is 6.42 Å². The fourth-order valence-corrected chi connectivity index (χ4v) is 3.27. The van der Waals surface area contributed by atoms with Gasteiger partial charge in [0, 0.05) is 25.8 Å². The first-order valence-corrected chi connectivity index (χ1v) is 8.76. The van der Waals surface area contributed by atoms with Crippen molar-refractivity contribution in [3.8, 4) is 0 Å². The van der Waals surface area contributed by atoms with Crippen molar-refractivity contribution < 1.29 is 4.79 Å². The van der Waals surface area contributed by atoms with Crippen LogP contribution in [0.15, 0.2) is 48.7 Å². The van der Waals surface area contributed by atoms with Gasteiger partial charge in [-0.3, -0.25) is 4.79 Å². The Hall–Kier alpha value is -2.36. The predicted molar refractivity (Wildman–Crippen MR) is 97.3 cm³/mol. The average molecular weight is 323 g/mol. The molecule has 0 aliphatic carbocycles. The van der Waals surface area contributed by atoms with Crippen LogP contribution in [0.25, 0.3) is 0 Å². The number of hydrogen-bond acceptors (Lipinski definition) is 3. The number of carbonyl (C=O) groups is 1. The summed E-state index contributed by atoms with van der Waals surface area (Å²) in [6.45, 7) is 4.84. The number of anilines is 1. The minimum absolute atomic E-state index is 0.0349. The third-order valence-electron chi connectivity index (χ3n) is 4.53. The summed E-state index contributed by atoms with van der Waals surface area (Å²) in [4.78, 5) is 19.3. The maximum Gasteiger partial charge on any atom is 0.255 e. The molecule has 2 heterocycles. The summed E-state index contributed by atoms with van der Waals surface area (Å²) < 4.78 is 0. The molecule has 0 bridgehead atoms. The van der Waals surface area contributed by atoms with Crippen molar-refractivity contribution >= 4 is 11.7 Å². The Labute approximate surface area is 143 Å². The molecule has 0 saturated carbocycles. The summed E-state index contributed by atoms with van der Waals surface area (Å²) in [7, 11) is 0. The van der Waals surface area contributed by atoms with Gasteiger partial charge in [0.1, 0.15) is 5.82 Å². The van der Waals surface area contributed by atoms with Crippen molar-refractivity contribution in [2.45, 2.75) is 26.2 Å². The molecule has 3 rings (SSSR count). The zero-order valence-corrected chi connectivity index (χ0v) is 14.2. The Morgan fingerprint density at radius 3 is 2.88 bits per heavy atom. The predicted octanol–water partition coefficient (Wildman–Crippen LogP) is 3.29. The Balaban J connectivity index is 1.64. The van der Waals surface area contributed by atoms with E-state index in [2.05, 4.69) is 34.3 Å². The van der Waals surface area contributed by atoms with Gasteiger partial charge in [-0.15, -0.1) is 0 Å². The lowest BCUT2D eigenvalue weighted by Crippen LogP contribution is -2.37. The van der Waals surface area contributed by atoms with Gasteiger partial charge in [-0.25, -0.2) is 4.98 Å². The zero-order chi connectivity index (χ0) is 16.8. The van der Waals surface area contributed by atoms with Crippen LogP contribution in [-0.4, -0.2) is 30.5 Å². The summed E-state index contributed by atoms with van der Waals surface area (Å²) in [6, 6.07) is 13.9. The second kappa shape index (κ2) is 7.95. The van der Waals surface area contributed by atoms with E-state index in [1.54, 1.807) is 6.20 Å². The number of pyridine rings is 1. The zero-order valence-electron chi connectivity index (χ0n) is 14.2. The van der Waals surface area contributed by atoms with E-state index >= 15 is 0 Å². The summed E-state index contributed by atoms with van der Waals surface area (Å²) in [5.41, 5.74) is 1.91. The van der Waals surface area contributed by atoms with Gasteiger partial charge >= 0.3 is 0 Å². The molecule has 4 heteroatoms. The molecular weight excluding hydrogens is 298 g/mol. The second-order valence-electron chi connectivity index (χ2n) is 6.56. The van der Waals surface area contributed by atoms with Crippen molar-refractivity contribution in [3.05, 3.63) is 59.8 Å². The standard InChI is InChI=1S/C20H25N3O/c1-16-7-6-14-23(15-16)19-18(10-5-12-21-19)20(24)22-13-11-17-8-3-2-4-9-17/h2-5,8-10,12,16H,6-7,11,13-15H2,1H3,(H,22,24)/t16-/m0/s1. The van der Waals surface area contributed by atoms with Crippen LogP contribution in [0, 0.1) is 5.92 Å². The molecule has 1 aliphatic heterocycles. The van der Waals surface area contributed by atoms with Gasteiger partial charge in [0.15, 0.2) is 0 Å². The highest BCUT2D eigenvalue weighted by molar-refractivity contribution is 5.98. The number of piperidine rings is 1. The van der Waals surface area contributed by atoms with E-state index in [9.17, 15) is 4.79 Å². The molecule has 1 aliphatic rings. The van der Waals surface area contributed by atoms with E-state index in [4.69, 9.17) is 0 Å². The first-order chi connectivity index (χ1) is 11.7. The number of aromatic nitrogens is 1. The molecule has 1 fully saturated rings. The number of nitrogens with zero attached hydrogens (tertiary/aromatic N) is 2. The summed E-state index contributed by atoms with van der Waals surface area (Å²) >= 11 is 0. The highest BCUT2D eigenvalue weighted by Crippen LogP contribution is 2.24. The quantitative estimate of drug-likeness (QED) is 0.918. The molecule has 1 aromatic heterocycles. The van der Waals surface area contributed by atoms with Crippen LogP contribution in [0.2, 0.25) is 0 Å². The molecule has 0 spiro atoms. The number of nitrogens with one attached hydrogen (secondary N) is 1. The van der Waals surface area contributed by atoms with Gasteiger partial charge in [0.25, 0.3) is 5.91 Å². The SMILES string of the molecule is C[C@H]1CCCN(c2ncccc2C(=O)NCCc2ccccc2)C1. The van der Waals surface area contributed by atoms with Crippen LogP contribution in [0.5, 0.6) is 0 Å². The van der Waals surface area contributed by atoms with Gasteiger partial charge < -0.3 is 10.2 Å². The lowest BCUT2D eigenvalue weighted by molar-refractivity contribution is 0.0954. The number of hydrogen-bond donors (Lipinski definition) is 1. The summed E-state index contributed by atoms with van der Waals surface area (Å²) in [5, 5.41) is 3.03. The molecule has 1 saturated heterocycles. The monoisotopic (exact) mass is 323 g/mol. The molecule has 1 amide bonds. The number of benzene rings is 1.